The normalized spacial score (nSPS) is 10.7. The minimum Gasteiger partial charge on any atom is -0.504 e. The fourth-order valence-electron chi connectivity index (χ4n) is 1.48. The molecule has 2 rings (SSSR count). The maximum atomic E-state index is 13.1. The van der Waals surface area contributed by atoms with Gasteiger partial charge >= 0.3 is 0 Å². The Balaban J connectivity index is 2.67. The first-order chi connectivity index (χ1) is 8.41. The van der Waals surface area contributed by atoms with Gasteiger partial charge in [-0.2, -0.15) is 4.39 Å². The monoisotopic (exact) mass is 260 g/mol. The smallest absolute Gasteiger partial charge is 0.200 e. The Hall–Kier alpha value is -2.11. The van der Waals surface area contributed by atoms with Crippen molar-refractivity contribution in [3.05, 3.63) is 53.4 Å². The molecule has 0 aliphatic carbocycles. The Morgan fingerprint density at radius 3 is 1.83 bits per heavy atom. The van der Waals surface area contributed by atoms with E-state index in [-0.39, 0.29) is 11.1 Å². The summed E-state index contributed by atoms with van der Waals surface area (Å²) in [6.45, 7) is 0. The molecule has 0 heterocycles. The maximum Gasteiger partial charge on any atom is 0.200 e. The number of hydrogen-bond donors (Lipinski definition) is 1. The topological polar surface area (TPSA) is 20.2 Å². The summed E-state index contributed by atoms with van der Waals surface area (Å²) in [7, 11) is 0. The van der Waals surface area contributed by atoms with Crippen molar-refractivity contribution in [1.29, 1.82) is 0 Å². The van der Waals surface area contributed by atoms with Gasteiger partial charge in [-0.15, -0.1) is 0 Å². The van der Waals surface area contributed by atoms with E-state index in [2.05, 4.69) is 0 Å². The number of rotatable bonds is 1. The summed E-state index contributed by atoms with van der Waals surface area (Å²) in [5.41, 5.74) is -0.644. The molecule has 0 aromatic heterocycles. The molecule has 0 bridgehead atoms. The Morgan fingerprint density at radius 2 is 1.28 bits per heavy atom. The Labute approximate surface area is 98.1 Å². The minimum absolute atomic E-state index is 0.303. The van der Waals surface area contributed by atoms with Crippen LogP contribution in [-0.4, -0.2) is 5.11 Å². The quantitative estimate of drug-likeness (QED) is 0.611. The summed E-state index contributed by atoms with van der Waals surface area (Å²) in [6.07, 6.45) is 0. The van der Waals surface area contributed by atoms with E-state index in [1.165, 1.54) is 0 Å². The second-order valence-corrected chi connectivity index (χ2v) is 3.51. The van der Waals surface area contributed by atoms with Crippen LogP contribution in [0.5, 0.6) is 5.75 Å². The third kappa shape index (κ3) is 1.90. The van der Waals surface area contributed by atoms with Crippen molar-refractivity contribution < 1.29 is 27.1 Å². The van der Waals surface area contributed by atoms with Crippen LogP contribution in [0.3, 0.4) is 0 Å². The van der Waals surface area contributed by atoms with Gasteiger partial charge in [-0.1, -0.05) is 0 Å². The van der Waals surface area contributed by atoms with Crippen LogP contribution in [0.1, 0.15) is 0 Å². The average Bonchev–Trinajstić information content (AvgIpc) is 2.33. The molecule has 2 aromatic carbocycles. The predicted octanol–water partition coefficient (Wildman–Crippen LogP) is 3.75. The number of aromatic hydroxyl groups is 1. The molecule has 0 saturated carbocycles. The lowest BCUT2D eigenvalue weighted by atomic mass is 10.0. The van der Waals surface area contributed by atoms with Gasteiger partial charge in [0.1, 0.15) is 0 Å². The van der Waals surface area contributed by atoms with E-state index in [1.54, 1.807) is 0 Å². The molecule has 0 atom stereocenters. The van der Waals surface area contributed by atoms with Crippen molar-refractivity contribution in [1.82, 2.24) is 0 Å². The highest BCUT2D eigenvalue weighted by Crippen LogP contribution is 2.33. The molecule has 94 valence electrons. The molecular weight excluding hydrogens is 255 g/mol. The molecule has 0 amide bonds. The molecule has 6 heteroatoms. The number of halogens is 5. The highest BCUT2D eigenvalue weighted by atomic mass is 19.2. The minimum atomic E-state index is -1.68. The van der Waals surface area contributed by atoms with E-state index in [4.69, 9.17) is 0 Å². The van der Waals surface area contributed by atoms with Gasteiger partial charge in [-0.05, 0) is 29.8 Å². The van der Waals surface area contributed by atoms with Crippen LogP contribution in [0.2, 0.25) is 0 Å². The maximum absolute atomic E-state index is 13.1. The number of benzene rings is 2. The summed E-state index contributed by atoms with van der Waals surface area (Å²) in [5, 5.41) is 9.33. The van der Waals surface area contributed by atoms with E-state index in [0.29, 0.717) is 18.2 Å². The van der Waals surface area contributed by atoms with Crippen LogP contribution in [-0.2, 0) is 0 Å². The standard InChI is InChI=1S/C12H5F5O/c13-7-2-1-6(12(18)11(7)17)5-3-8(14)10(16)9(15)4-5/h1-4,18H. The van der Waals surface area contributed by atoms with Crippen molar-refractivity contribution in [2.75, 3.05) is 0 Å². The molecule has 18 heavy (non-hydrogen) atoms. The van der Waals surface area contributed by atoms with Crippen LogP contribution in [0.25, 0.3) is 11.1 Å². The first-order valence-corrected chi connectivity index (χ1v) is 4.73. The first kappa shape index (κ1) is 12.3. The summed E-state index contributed by atoms with van der Waals surface area (Å²) in [6, 6.07) is 2.76. The van der Waals surface area contributed by atoms with E-state index in [9.17, 15) is 27.1 Å². The van der Waals surface area contributed by atoms with Gasteiger partial charge in [0.25, 0.3) is 0 Å². The van der Waals surface area contributed by atoms with Crippen LogP contribution < -0.4 is 0 Å². The molecular formula is C12H5F5O. The van der Waals surface area contributed by atoms with Gasteiger partial charge in [0.05, 0.1) is 0 Å². The van der Waals surface area contributed by atoms with E-state index < -0.39 is 34.8 Å². The Morgan fingerprint density at radius 1 is 0.722 bits per heavy atom. The van der Waals surface area contributed by atoms with Gasteiger partial charge < -0.3 is 5.11 Å². The fraction of sp³-hybridized carbons (Fsp3) is 0. The lowest BCUT2D eigenvalue weighted by Gasteiger charge is -2.07. The average molecular weight is 260 g/mol. The molecule has 1 N–H and O–H groups in total. The Bertz CT molecular complexity index is 601. The summed E-state index contributed by atoms with van der Waals surface area (Å²) >= 11 is 0. The molecule has 0 saturated heterocycles. The van der Waals surface area contributed by atoms with Gasteiger partial charge in [-0.25, -0.2) is 17.6 Å². The SMILES string of the molecule is Oc1c(-c2cc(F)c(F)c(F)c2)ccc(F)c1F. The van der Waals surface area contributed by atoms with Gasteiger partial charge in [0.15, 0.2) is 29.0 Å². The molecule has 0 radical (unpaired) electrons. The molecule has 0 fully saturated rings. The van der Waals surface area contributed by atoms with Crippen molar-refractivity contribution in [2.24, 2.45) is 0 Å². The number of hydrogen-bond acceptors (Lipinski definition) is 1. The number of phenols is 1. The predicted molar refractivity (Wildman–Crippen MR) is 53.3 cm³/mol. The van der Waals surface area contributed by atoms with Crippen molar-refractivity contribution >= 4 is 0 Å². The molecule has 0 aliphatic rings. The largest absolute Gasteiger partial charge is 0.504 e. The Kier molecular flexibility index (Phi) is 2.94. The van der Waals surface area contributed by atoms with Gasteiger partial charge in [0, 0.05) is 5.56 Å². The molecule has 0 spiro atoms. The fourth-order valence-corrected chi connectivity index (χ4v) is 1.48. The van der Waals surface area contributed by atoms with Crippen LogP contribution in [0.15, 0.2) is 24.3 Å². The lowest BCUT2D eigenvalue weighted by molar-refractivity contribution is 0.408. The zero-order valence-electron chi connectivity index (χ0n) is 8.65. The van der Waals surface area contributed by atoms with Gasteiger partial charge in [0.2, 0.25) is 5.82 Å². The van der Waals surface area contributed by atoms with Gasteiger partial charge in [-0.3, -0.25) is 0 Å². The van der Waals surface area contributed by atoms with Crippen LogP contribution >= 0.6 is 0 Å². The zero-order chi connectivity index (χ0) is 13.4. The molecule has 0 aliphatic heterocycles. The highest BCUT2D eigenvalue weighted by Gasteiger charge is 2.17. The van der Waals surface area contributed by atoms with E-state index in [1.807, 2.05) is 0 Å². The van der Waals surface area contributed by atoms with Crippen molar-refractivity contribution in [3.63, 3.8) is 0 Å². The summed E-state index contributed by atoms with van der Waals surface area (Å²) < 4.78 is 64.5. The van der Waals surface area contributed by atoms with Crippen molar-refractivity contribution in [3.8, 4) is 16.9 Å². The van der Waals surface area contributed by atoms with Crippen molar-refractivity contribution in [2.45, 2.75) is 0 Å². The summed E-state index contributed by atoms with van der Waals surface area (Å²) in [5.74, 6) is -8.61. The second kappa shape index (κ2) is 4.29. The highest BCUT2D eigenvalue weighted by molar-refractivity contribution is 5.70. The molecule has 1 nitrogen and oxygen atoms in total. The first-order valence-electron chi connectivity index (χ1n) is 4.73. The third-order valence-corrected chi connectivity index (χ3v) is 2.36. The van der Waals surface area contributed by atoms with E-state index in [0.717, 1.165) is 6.07 Å². The zero-order valence-corrected chi connectivity index (χ0v) is 8.65. The van der Waals surface area contributed by atoms with Crippen LogP contribution in [0.4, 0.5) is 22.0 Å². The lowest BCUT2D eigenvalue weighted by Crippen LogP contribution is -1.94. The third-order valence-electron chi connectivity index (χ3n) is 2.36. The van der Waals surface area contributed by atoms with E-state index >= 15 is 0 Å². The summed E-state index contributed by atoms with van der Waals surface area (Å²) in [4.78, 5) is 0. The molecule has 2 aromatic rings. The number of phenolic OH excluding ortho intramolecular Hbond substituents is 1. The molecule has 0 unspecified atom stereocenters. The second-order valence-electron chi connectivity index (χ2n) is 3.51. The van der Waals surface area contributed by atoms with Crippen LogP contribution in [0, 0.1) is 29.1 Å².